The summed E-state index contributed by atoms with van der Waals surface area (Å²) in [6.07, 6.45) is 3.66. The predicted octanol–water partition coefficient (Wildman–Crippen LogP) is 6.68. The molecule has 2 atom stereocenters. The van der Waals surface area contributed by atoms with Gasteiger partial charge in [-0.25, -0.2) is 0 Å². The third kappa shape index (κ3) is 3.84. The quantitative estimate of drug-likeness (QED) is 0.167. The van der Waals surface area contributed by atoms with Gasteiger partial charge in [-0.05, 0) is 63.6 Å². The van der Waals surface area contributed by atoms with Gasteiger partial charge in [-0.2, -0.15) is 0 Å². The summed E-state index contributed by atoms with van der Waals surface area (Å²) in [4.78, 5) is 0. The molecule has 2 heterocycles. The van der Waals surface area contributed by atoms with Crippen LogP contribution in [0.25, 0.3) is 11.1 Å². The summed E-state index contributed by atoms with van der Waals surface area (Å²) in [6, 6.07) is 32.7. The molecule has 0 N–H and O–H groups in total. The third-order valence-corrected chi connectivity index (χ3v) is 7.85. The van der Waals surface area contributed by atoms with Gasteiger partial charge in [-0.15, -0.1) is 6.58 Å². The van der Waals surface area contributed by atoms with Crippen LogP contribution in [-0.2, 0) is 21.3 Å². The molecule has 3 aliphatic rings. The average Bonchev–Trinajstić information content (AvgIpc) is 3.72. The molecule has 0 aromatic heterocycles. The monoisotopic (exact) mass is 502 g/mol. The summed E-state index contributed by atoms with van der Waals surface area (Å²) < 4.78 is 23.0. The van der Waals surface area contributed by atoms with E-state index in [4.69, 9.17) is 18.9 Å². The minimum atomic E-state index is -0.479. The van der Waals surface area contributed by atoms with Gasteiger partial charge in [0.25, 0.3) is 0 Å². The number of rotatable bonds is 9. The number of allylic oxidation sites excluding steroid dienone is 1. The van der Waals surface area contributed by atoms with Crippen LogP contribution in [-0.4, -0.2) is 32.2 Å². The van der Waals surface area contributed by atoms with Gasteiger partial charge in [0.05, 0.1) is 18.6 Å². The van der Waals surface area contributed by atoms with Crippen molar-refractivity contribution in [1.29, 1.82) is 0 Å². The van der Waals surface area contributed by atoms with Crippen LogP contribution >= 0.6 is 0 Å². The van der Waals surface area contributed by atoms with Crippen molar-refractivity contribution in [2.24, 2.45) is 0 Å². The van der Waals surface area contributed by atoms with Gasteiger partial charge in [0.15, 0.2) is 0 Å². The highest BCUT2D eigenvalue weighted by atomic mass is 16.7. The second-order valence-electron chi connectivity index (χ2n) is 10.2. The van der Waals surface area contributed by atoms with Crippen LogP contribution in [0, 0.1) is 0 Å². The van der Waals surface area contributed by atoms with Gasteiger partial charge in [0.2, 0.25) is 6.29 Å². The smallest absolute Gasteiger partial charge is 0.202 e. The fourth-order valence-corrected chi connectivity index (χ4v) is 5.88. The van der Waals surface area contributed by atoms with Crippen molar-refractivity contribution in [3.8, 4) is 22.6 Å². The van der Waals surface area contributed by atoms with Gasteiger partial charge in [-0.3, -0.25) is 0 Å². The van der Waals surface area contributed by atoms with Gasteiger partial charge >= 0.3 is 0 Å². The van der Waals surface area contributed by atoms with Crippen molar-refractivity contribution in [3.63, 3.8) is 0 Å². The number of fused-ring (bicyclic) bond motifs is 3. The minimum absolute atomic E-state index is 0.141. The summed E-state index contributed by atoms with van der Waals surface area (Å²) >= 11 is 0. The van der Waals surface area contributed by atoms with Crippen LogP contribution in [0.3, 0.4) is 0 Å². The first-order valence-electron chi connectivity index (χ1n) is 13.3. The SMILES string of the molecule is C=CCc1cc(C2(c3ccc(OC4CCO4)cc3)c3ccccc3-c3ccccc32)ccc1OCC1CO1. The second-order valence-corrected chi connectivity index (χ2v) is 10.2. The minimum Gasteiger partial charge on any atom is -0.490 e. The molecule has 4 heteroatoms. The lowest BCUT2D eigenvalue weighted by Gasteiger charge is -2.34. The Hall–Kier alpha value is -3.86. The molecular formula is C34H30O4. The molecular weight excluding hydrogens is 472 g/mol. The Morgan fingerprint density at radius 1 is 0.842 bits per heavy atom. The molecule has 0 radical (unpaired) electrons. The van der Waals surface area contributed by atoms with Crippen LogP contribution < -0.4 is 9.47 Å². The summed E-state index contributed by atoms with van der Waals surface area (Å²) in [5, 5.41) is 0. The molecule has 4 nitrogen and oxygen atoms in total. The molecule has 38 heavy (non-hydrogen) atoms. The maximum Gasteiger partial charge on any atom is 0.202 e. The molecule has 190 valence electrons. The van der Waals surface area contributed by atoms with E-state index in [0.29, 0.717) is 6.61 Å². The molecule has 7 rings (SSSR count). The number of hydrogen-bond acceptors (Lipinski definition) is 4. The summed E-state index contributed by atoms with van der Waals surface area (Å²) in [7, 11) is 0. The average molecular weight is 503 g/mol. The molecule has 4 aromatic rings. The maximum absolute atomic E-state index is 6.18. The van der Waals surface area contributed by atoms with E-state index in [1.165, 1.54) is 33.4 Å². The Labute approximate surface area is 223 Å². The van der Waals surface area contributed by atoms with Crippen molar-refractivity contribution in [1.82, 2.24) is 0 Å². The molecule has 4 aromatic carbocycles. The fourth-order valence-electron chi connectivity index (χ4n) is 5.88. The Bertz CT molecular complexity index is 1440. The van der Waals surface area contributed by atoms with Crippen molar-refractivity contribution >= 4 is 0 Å². The van der Waals surface area contributed by atoms with Crippen LogP contribution in [0.2, 0.25) is 0 Å². The number of benzene rings is 4. The van der Waals surface area contributed by atoms with Crippen molar-refractivity contribution < 1.29 is 18.9 Å². The van der Waals surface area contributed by atoms with Gasteiger partial charge in [0.1, 0.15) is 24.2 Å². The molecule has 2 saturated heterocycles. The first-order chi connectivity index (χ1) is 18.8. The van der Waals surface area contributed by atoms with E-state index in [-0.39, 0.29) is 12.4 Å². The van der Waals surface area contributed by atoms with Crippen LogP contribution in [0.5, 0.6) is 11.5 Å². The summed E-state index contributed by atoms with van der Waals surface area (Å²) in [5.74, 6) is 1.72. The predicted molar refractivity (Wildman–Crippen MR) is 148 cm³/mol. The third-order valence-electron chi connectivity index (χ3n) is 7.85. The number of hydrogen-bond donors (Lipinski definition) is 0. The lowest BCUT2D eigenvalue weighted by atomic mass is 9.67. The maximum atomic E-state index is 6.18. The number of epoxide rings is 1. The fraction of sp³-hybridized carbons (Fsp3) is 0.235. The lowest BCUT2D eigenvalue weighted by Crippen LogP contribution is -2.32. The van der Waals surface area contributed by atoms with Crippen molar-refractivity contribution in [3.05, 3.63) is 131 Å². The Kier molecular flexibility index (Phi) is 5.80. The summed E-state index contributed by atoms with van der Waals surface area (Å²) in [6.45, 7) is 6.14. The molecule has 1 aliphatic carbocycles. The molecule has 0 amide bonds. The van der Waals surface area contributed by atoms with E-state index in [1.807, 2.05) is 6.08 Å². The normalized spacial score (nSPS) is 20.1. The van der Waals surface area contributed by atoms with E-state index in [0.717, 1.165) is 43.1 Å². The number of ether oxygens (including phenoxy) is 4. The first kappa shape index (κ1) is 23.3. The highest BCUT2D eigenvalue weighted by Crippen LogP contribution is 2.56. The zero-order valence-corrected chi connectivity index (χ0v) is 21.3. The van der Waals surface area contributed by atoms with E-state index in [1.54, 1.807) is 0 Å². The van der Waals surface area contributed by atoms with Gasteiger partial charge in [-0.1, -0.05) is 78.9 Å². The zero-order valence-electron chi connectivity index (χ0n) is 21.3. The molecule has 2 unspecified atom stereocenters. The van der Waals surface area contributed by atoms with Crippen LogP contribution in [0.15, 0.2) is 104 Å². The Balaban J connectivity index is 1.41. The van der Waals surface area contributed by atoms with E-state index >= 15 is 0 Å². The molecule has 0 bridgehead atoms. The second kappa shape index (κ2) is 9.46. The Morgan fingerprint density at radius 3 is 2.11 bits per heavy atom. The molecule has 2 aliphatic heterocycles. The Morgan fingerprint density at radius 2 is 1.50 bits per heavy atom. The van der Waals surface area contributed by atoms with Crippen molar-refractivity contribution in [2.75, 3.05) is 19.8 Å². The lowest BCUT2D eigenvalue weighted by molar-refractivity contribution is -0.165. The summed E-state index contributed by atoms with van der Waals surface area (Å²) in [5.41, 5.74) is 8.14. The van der Waals surface area contributed by atoms with E-state index in [9.17, 15) is 0 Å². The van der Waals surface area contributed by atoms with Crippen LogP contribution in [0.4, 0.5) is 0 Å². The highest BCUT2D eigenvalue weighted by molar-refractivity contribution is 5.86. The standard InChI is InChI=1S/C34H30O4/c1-2-7-23-20-25(14-17-32(23)37-22-27-21-36-27)34(24-12-15-26(16-13-24)38-33-18-19-35-33)30-10-5-3-8-28(30)29-9-4-6-11-31(29)34/h2-6,8-17,20,27,33H,1,7,18-19,21-22H2. The molecule has 0 spiro atoms. The van der Waals surface area contributed by atoms with E-state index < -0.39 is 5.41 Å². The highest BCUT2D eigenvalue weighted by Gasteiger charge is 2.46. The van der Waals surface area contributed by atoms with E-state index in [2.05, 4.69) is 97.6 Å². The molecule has 0 saturated carbocycles. The largest absolute Gasteiger partial charge is 0.490 e. The first-order valence-corrected chi connectivity index (χ1v) is 13.3. The topological polar surface area (TPSA) is 40.2 Å². The zero-order chi connectivity index (χ0) is 25.5. The molecule has 2 fully saturated rings. The van der Waals surface area contributed by atoms with Crippen LogP contribution in [0.1, 0.15) is 34.2 Å². The van der Waals surface area contributed by atoms with Crippen molar-refractivity contribution in [2.45, 2.75) is 30.7 Å². The van der Waals surface area contributed by atoms with Gasteiger partial charge < -0.3 is 18.9 Å². The van der Waals surface area contributed by atoms with Gasteiger partial charge in [0, 0.05) is 6.42 Å².